The number of thioether (sulfide) groups is 1. The Bertz CT molecular complexity index is 146. The average molecular weight is 245 g/mol. The zero-order chi connectivity index (χ0) is 12.4. The maximum Gasteiger partial charge on any atom is 0.0158 e. The first-order valence-corrected chi connectivity index (χ1v) is 7.96. The minimum atomic E-state index is 0.728. The average Bonchev–Trinajstić information content (AvgIpc) is 2.20. The SMILES string of the molecule is CCCNC(CCCC(C)C)CSC(C)C. The molecule has 0 saturated heterocycles. The molecule has 0 bridgehead atoms. The molecule has 98 valence electrons. The van der Waals surface area contributed by atoms with Gasteiger partial charge in [-0.2, -0.15) is 11.8 Å². The smallest absolute Gasteiger partial charge is 0.0158 e. The summed E-state index contributed by atoms with van der Waals surface area (Å²) in [6.45, 7) is 12.6. The molecule has 1 N–H and O–H groups in total. The number of hydrogen-bond acceptors (Lipinski definition) is 2. The molecule has 2 heteroatoms. The number of rotatable bonds is 10. The van der Waals surface area contributed by atoms with Crippen molar-refractivity contribution in [3.63, 3.8) is 0 Å². The van der Waals surface area contributed by atoms with Gasteiger partial charge in [0.15, 0.2) is 0 Å². The molecule has 0 aromatic heterocycles. The van der Waals surface area contributed by atoms with Gasteiger partial charge in [0.25, 0.3) is 0 Å². The van der Waals surface area contributed by atoms with E-state index in [0.29, 0.717) is 0 Å². The van der Waals surface area contributed by atoms with Crippen LogP contribution in [0.3, 0.4) is 0 Å². The second kappa shape index (κ2) is 10.5. The first-order valence-electron chi connectivity index (χ1n) is 6.91. The summed E-state index contributed by atoms with van der Waals surface area (Å²) in [7, 11) is 0. The quantitative estimate of drug-likeness (QED) is 0.615. The summed E-state index contributed by atoms with van der Waals surface area (Å²) in [5.74, 6) is 2.13. The molecule has 1 atom stereocenters. The van der Waals surface area contributed by atoms with Gasteiger partial charge in [0.1, 0.15) is 0 Å². The van der Waals surface area contributed by atoms with Crippen LogP contribution in [0.1, 0.15) is 60.3 Å². The van der Waals surface area contributed by atoms with Crippen LogP contribution >= 0.6 is 11.8 Å². The highest BCUT2D eigenvalue weighted by Crippen LogP contribution is 2.15. The fourth-order valence-electron chi connectivity index (χ4n) is 1.67. The number of hydrogen-bond donors (Lipinski definition) is 1. The summed E-state index contributed by atoms with van der Waals surface area (Å²) in [6, 6.07) is 0.728. The Labute approximate surface area is 107 Å². The van der Waals surface area contributed by atoms with Crippen LogP contribution in [0.5, 0.6) is 0 Å². The fourth-order valence-corrected chi connectivity index (χ4v) is 2.58. The zero-order valence-electron chi connectivity index (χ0n) is 11.9. The third-order valence-electron chi connectivity index (χ3n) is 2.65. The van der Waals surface area contributed by atoms with Crippen LogP contribution in [0.25, 0.3) is 0 Å². The maximum absolute atomic E-state index is 3.68. The Kier molecular flexibility index (Phi) is 10.7. The second-order valence-electron chi connectivity index (χ2n) is 5.36. The van der Waals surface area contributed by atoms with E-state index in [9.17, 15) is 0 Å². The zero-order valence-corrected chi connectivity index (χ0v) is 12.7. The topological polar surface area (TPSA) is 12.0 Å². The van der Waals surface area contributed by atoms with Crippen LogP contribution in [0.2, 0.25) is 0 Å². The monoisotopic (exact) mass is 245 g/mol. The van der Waals surface area contributed by atoms with Crippen molar-refractivity contribution >= 4 is 11.8 Å². The molecule has 16 heavy (non-hydrogen) atoms. The fraction of sp³-hybridized carbons (Fsp3) is 1.00. The van der Waals surface area contributed by atoms with Crippen molar-refractivity contribution in [1.82, 2.24) is 5.32 Å². The summed E-state index contributed by atoms with van der Waals surface area (Å²) in [5.41, 5.74) is 0. The molecule has 0 aliphatic rings. The van der Waals surface area contributed by atoms with Crippen molar-refractivity contribution in [3.05, 3.63) is 0 Å². The summed E-state index contributed by atoms with van der Waals surface area (Å²) in [6.07, 6.45) is 5.33. The molecule has 0 aliphatic carbocycles. The number of nitrogens with one attached hydrogen (secondary N) is 1. The lowest BCUT2D eigenvalue weighted by Gasteiger charge is -2.19. The third-order valence-corrected chi connectivity index (χ3v) is 3.91. The van der Waals surface area contributed by atoms with Gasteiger partial charge in [0.05, 0.1) is 0 Å². The molecule has 0 aromatic carbocycles. The van der Waals surface area contributed by atoms with Crippen molar-refractivity contribution in [2.24, 2.45) is 5.92 Å². The molecule has 0 saturated carbocycles. The Morgan fingerprint density at radius 3 is 2.25 bits per heavy atom. The lowest BCUT2D eigenvalue weighted by atomic mass is 10.0. The highest BCUT2D eigenvalue weighted by molar-refractivity contribution is 7.99. The maximum atomic E-state index is 3.68. The van der Waals surface area contributed by atoms with Gasteiger partial charge in [-0.05, 0) is 30.6 Å². The molecular formula is C14H31NS. The standard InChI is InChI=1S/C14H31NS/c1-6-10-15-14(11-16-13(4)5)9-7-8-12(2)3/h12-15H,6-11H2,1-5H3. The van der Waals surface area contributed by atoms with Crippen molar-refractivity contribution in [1.29, 1.82) is 0 Å². The van der Waals surface area contributed by atoms with E-state index in [0.717, 1.165) is 17.2 Å². The Balaban J connectivity index is 3.71. The molecule has 0 aliphatic heterocycles. The first-order chi connectivity index (χ1) is 7.56. The molecule has 0 radical (unpaired) electrons. The van der Waals surface area contributed by atoms with Crippen LogP contribution in [0, 0.1) is 5.92 Å². The largest absolute Gasteiger partial charge is 0.313 e. The van der Waals surface area contributed by atoms with E-state index in [4.69, 9.17) is 0 Å². The van der Waals surface area contributed by atoms with Crippen LogP contribution in [0.15, 0.2) is 0 Å². The van der Waals surface area contributed by atoms with Gasteiger partial charge in [-0.3, -0.25) is 0 Å². The molecule has 0 heterocycles. The molecule has 0 amide bonds. The molecular weight excluding hydrogens is 214 g/mol. The minimum absolute atomic E-state index is 0.728. The van der Waals surface area contributed by atoms with E-state index in [1.807, 2.05) is 0 Å². The Hall–Kier alpha value is 0.310. The van der Waals surface area contributed by atoms with E-state index >= 15 is 0 Å². The molecule has 1 nitrogen and oxygen atoms in total. The van der Waals surface area contributed by atoms with Crippen LogP contribution in [-0.2, 0) is 0 Å². The highest BCUT2D eigenvalue weighted by atomic mass is 32.2. The summed E-state index contributed by atoms with van der Waals surface area (Å²) < 4.78 is 0. The summed E-state index contributed by atoms with van der Waals surface area (Å²) >= 11 is 2.09. The van der Waals surface area contributed by atoms with E-state index in [2.05, 4.69) is 51.7 Å². The molecule has 0 fully saturated rings. The second-order valence-corrected chi connectivity index (χ2v) is 6.97. The van der Waals surface area contributed by atoms with Gasteiger partial charge in [0.2, 0.25) is 0 Å². The highest BCUT2D eigenvalue weighted by Gasteiger charge is 2.09. The minimum Gasteiger partial charge on any atom is -0.313 e. The van der Waals surface area contributed by atoms with Gasteiger partial charge in [-0.25, -0.2) is 0 Å². The Morgan fingerprint density at radius 1 is 1.06 bits per heavy atom. The van der Waals surface area contributed by atoms with E-state index in [-0.39, 0.29) is 0 Å². The van der Waals surface area contributed by atoms with Gasteiger partial charge < -0.3 is 5.32 Å². The molecule has 0 spiro atoms. The summed E-state index contributed by atoms with van der Waals surface area (Å²) in [4.78, 5) is 0. The van der Waals surface area contributed by atoms with Crippen molar-refractivity contribution in [2.45, 2.75) is 71.6 Å². The predicted octanol–water partition coefficient (Wildman–Crippen LogP) is 4.32. The summed E-state index contributed by atoms with van der Waals surface area (Å²) in [5, 5.41) is 4.44. The van der Waals surface area contributed by atoms with E-state index in [1.54, 1.807) is 0 Å². The van der Waals surface area contributed by atoms with Crippen LogP contribution in [0.4, 0.5) is 0 Å². The van der Waals surface area contributed by atoms with Crippen LogP contribution in [-0.4, -0.2) is 23.6 Å². The van der Waals surface area contributed by atoms with Gasteiger partial charge in [-0.15, -0.1) is 0 Å². The van der Waals surface area contributed by atoms with Gasteiger partial charge in [-0.1, -0.05) is 47.5 Å². The van der Waals surface area contributed by atoms with E-state index in [1.165, 1.54) is 38.0 Å². The first kappa shape index (κ1) is 16.3. The lowest BCUT2D eigenvalue weighted by Crippen LogP contribution is -2.32. The normalized spacial score (nSPS) is 13.7. The van der Waals surface area contributed by atoms with Gasteiger partial charge in [0, 0.05) is 11.8 Å². The molecule has 1 unspecified atom stereocenters. The van der Waals surface area contributed by atoms with Gasteiger partial charge >= 0.3 is 0 Å². The van der Waals surface area contributed by atoms with Crippen molar-refractivity contribution in [2.75, 3.05) is 12.3 Å². The van der Waals surface area contributed by atoms with Crippen molar-refractivity contribution in [3.8, 4) is 0 Å². The molecule has 0 aromatic rings. The lowest BCUT2D eigenvalue weighted by molar-refractivity contribution is 0.462. The third kappa shape index (κ3) is 10.8. The van der Waals surface area contributed by atoms with Crippen molar-refractivity contribution < 1.29 is 0 Å². The Morgan fingerprint density at radius 2 is 1.75 bits per heavy atom. The molecule has 0 rings (SSSR count). The predicted molar refractivity (Wildman–Crippen MR) is 78.4 cm³/mol. The van der Waals surface area contributed by atoms with Crippen LogP contribution < -0.4 is 5.32 Å². The van der Waals surface area contributed by atoms with E-state index < -0.39 is 0 Å².